The van der Waals surface area contributed by atoms with Crippen molar-refractivity contribution < 1.29 is 14.4 Å². The quantitative estimate of drug-likeness (QED) is 0.618. The summed E-state index contributed by atoms with van der Waals surface area (Å²) < 4.78 is 10.6. The molecule has 0 amide bonds. The van der Waals surface area contributed by atoms with Crippen LogP contribution in [0.4, 0.5) is 11.5 Å². The Bertz CT molecular complexity index is 393. The van der Waals surface area contributed by atoms with E-state index < -0.39 is 4.92 Å². The first-order chi connectivity index (χ1) is 8.27. The molecule has 17 heavy (non-hydrogen) atoms. The van der Waals surface area contributed by atoms with Crippen molar-refractivity contribution in [1.29, 1.82) is 0 Å². The molecule has 1 N–H and O–H groups in total. The Morgan fingerprint density at radius 3 is 3.18 bits per heavy atom. The molecule has 1 aromatic heterocycles. The summed E-state index contributed by atoms with van der Waals surface area (Å²) in [6.07, 6.45) is 1.42. The van der Waals surface area contributed by atoms with Crippen LogP contribution in [0.5, 0.6) is 0 Å². The van der Waals surface area contributed by atoms with E-state index in [1.54, 1.807) is 0 Å². The van der Waals surface area contributed by atoms with Crippen LogP contribution in [0.1, 0.15) is 0 Å². The first-order valence-corrected chi connectivity index (χ1v) is 5.30. The molecule has 1 atom stereocenters. The van der Waals surface area contributed by atoms with Gasteiger partial charge in [0.15, 0.2) is 0 Å². The summed E-state index contributed by atoms with van der Waals surface area (Å²) in [5.74, 6) is 0.256. The number of anilines is 1. The molecule has 1 fully saturated rings. The first-order valence-electron chi connectivity index (χ1n) is 5.30. The lowest BCUT2D eigenvalue weighted by atomic mass is 10.3. The van der Waals surface area contributed by atoms with Gasteiger partial charge in [-0.15, -0.1) is 0 Å². The highest BCUT2D eigenvalue weighted by atomic mass is 16.6. The summed E-state index contributed by atoms with van der Waals surface area (Å²) in [5.41, 5.74) is -0.0378. The maximum Gasteiger partial charge on any atom is 0.311 e. The van der Waals surface area contributed by atoms with Gasteiger partial charge in [0.25, 0.3) is 0 Å². The number of nitro groups is 1. The highest BCUT2D eigenvalue weighted by Crippen LogP contribution is 2.20. The summed E-state index contributed by atoms with van der Waals surface area (Å²) in [5, 5.41) is 13.6. The lowest BCUT2D eigenvalue weighted by Crippen LogP contribution is -2.34. The number of rotatable bonds is 4. The van der Waals surface area contributed by atoms with Crippen LogP contribution in [-0.4, -0.2) is 42.4 Å². The Balaban J connectivity index is 1.96. The minimum Gasteiger partial charge on any atom is -0.376 e. The van der Waals surface area contributed by atoms with Gasteiger partial charge >= 0.3 is 5.69 Å². The second-order valence-corrected chi connectivity index (χ2v) is 3.58. The van der Waals surface area contributed by atoms with Crippen molar-refractivity contribution in [3.8, 4) is 0 Å². The van der Waals surface area contributed by atoms with Crippen LogP contribution in [-0.2, 0) is 9.47 Å². The Kier molecular flexibility index (Phi) is 3.84. The van der Waals surface area contributed by atoms with Gasteiger partial charge in [-0.3, -0.25) is 10.1 Å². The van der Waals surface area contributed by atoms with E-state index in [0.29, 0.717) is 26.4 Å². The zero-order chi connectivity index (χ0) is 12.1. The van der Waals surface area contributed by atoms with Gasteiger partial charge in [0, 0.05) is 18.8 Å². The third-order valence-corrected chi connectivity index (χ3v) is 2.37. The monoisotopic (exact) mass is 239 g/mol. The van der Waals surface area contributed by atoms with Gasteiger partial charge in [-0.1, -0.05) is 0 Å². The molecular weight excluding hydrogens is 226 g/mol. The van der Waals surface area contributed by atoms with Crippen LogP contribution in [0.2, 0.25) is 0 Å². The summed E-state index contributed by atoms with van der Waals surface area (Å²) >= 11 is 0. The molecule has 7 nitrogen and oxygen atoms in total. The molecule has 1 aliphatic heterocycles. The van der Waals surface area contributed by atoms with E-state index in [1.807, 2.05) is 0 Å². The van der Waals surface area contributed by atoms with Gasteiger partial charge in [0.2, 0.25) is 5.82 Å². The van der Waals surface area contributed by atoms with Crippen LogP contribution in [0.3, 0.4) is 0 Å². The number of nitrogens with zero attached hydrogens (tertiary/aromatic N) is 2. The SMILES string of the molecule is O=[N+]([O-])c1cccnc1NCC1COCCO1. The second-order valence-electron chi connectivity index (χ2n) is 3.58. The third kappa shape index (κ3) is 3.11. The van der Waals surface area contributed by atoms with Crippen LogP contribution < -0.4 is 5.32 Å². The number of pyridine rings is 1. The van der Waals surface area contributed by atoms with Crippen LogP contribution in [0, 0.1) is 10.1 Å². The average Bonchev–Trinajstić information content (AvgIpc) is 2.38. The molecular formula is C10H13N3O4. The van der Waals surface area contributed by atoms with Gasteiger partial charge in [-0.2, -0.15) is 0 Å². The number of nitrogens with one attached hydrogen (secondary N) is 1. The van der Waals surface area contributed by atoms with E-state index in [9.17, 15) is 10.1 Å². The smallest absolute Gasteiger partial charge is 0.311 e. The van der Waals surface area contributed by atoms with Crippen molar-refractivity contribution in [2.24, 2.45) is 0 Å². The number of hydrogen-bond acceptors (Lipinski definition) is 6. The number of hydrogen-bond donors (Lipinski definition) is 1. The Morgan fingerprint density at radius 2 is 2.47 bits per heavy atom. The molecule has 2 heterocycles. The lowest BCUT2D eigenvalue weighted by Gasteiger charge is -2.23. The van der Waals surface area contributed by atoms with Crippen molar-refractivity contribution in [1.82, 2.24) is 4.98 Å². The van der Waals surface area contributed by atoms with Gasteiger partial charge in [0.1, 0.15) is 0 Å². The zero-order valence-electron chi connectivity index (χ0n) is 9.17. The summed E-state index contributed by atoms with van der Waals surface area (Å²) in [7, 11) is 0. The van der Waals surface area contributed by atoms with E-state index in [2.05, 4.69) is 10.3 Å². The molecule has 2 rings (SSSR count). The molecule has 1 aliphatic rings. The van der Waals surface area contributed by atoms with Gasteiger partial charge < -0.3 is 14.8 Å². The predicted octanol–water partition coefficient (Wildman–Crippen LogP) is 0.817. The molecule has 1 unspecified atom stereocenters. The second kappa shape index (κ2) is 5.55. The van der Waals surface area contributed by atoms with Crippen LogP contribution in [0.15, 0.2) is 18.3 Å². The van der Waals surface area contributed by atoms with Crippen molar-refractivity contribution in [3.05, 3.63) is 28.4 Å². The van der Waals surface area contributed by atoms with Gasteiger partial charge in [0.05, 0.1) is 30.8 Å². The Morgan fingerprint density at radius 1 is 1.59 bits per heavy atom. The maximum absolute atomic E-state index is 10.7. The number of ether oxygens (including phenoxy) is 2. The van der Waals surface area contributed by atoms with Gasteiger partial charge in [-0.25, -0.2) is 4.98 Å². The molecule has 1 aromatic rings. The van der Waals surface area contributed by atoms with E-state index in [0.717, 1.165) is 0 Å². The van der Waals surface area contributed by atoms with Crippen molar-refractivity contribution in [2.45, 2.75) is 6.10 Å². The molecule has 0 aliphatic carbocycles. The summed E-state index contributed by atoms with van der Waals surface area (Å²) in [4.78, 5) is 14.2. The van der Waals surface area contributed by atoms with Gasteiger partial charge in [-0.05, 0) is 6.07 Å². The molecule has 7 heteroatoms. The molecule has 0 spiro atoms. The highest BCUT2D eigenvalue weighted by Gasteiger charge is 2.18. The highest BCUT2D eigenvalue weighted by molar-refractivity contribution is 5.55. The summed E-state index contributed by atoms with van der Waals surface area (Å²) in [6, 6.07) is 2.94. The van der Waals surface area contributed by atoms with Crippen LogP contribution >= 0.6 is 0 Å². The molecule has 92 valence electrons. The minimum atomic E-state index is -0.465. The van der Waals surface area contributed by atoms with Crippen molar-refractivity contribution >= 4 is 11.5 Å². The standard InChI is InChI=1S/C10H13N3O4/c14-13(15)9-2-1-3-11-10(9)12-6-8-7-16-4-5-17-8/h1-3,8H,4-7H2,(H,11,12). The van der Waals surface area contributed by atoms with E-state index >= 15 is 0 Å². The molecule has 1 saturated heterocycles. The Labute approximate surface area is 97.9 Å². The predicted molar refractivity (Wildman–Crippen MR) is 59.9 cm³/mol. The fourth-order valence-corrected chi connectivity index (χ4v) is 1.55. The first kappa shape index (κ1) is 11.7. The average molecular weight is 239 g/mol. The zero-order valence-corrected chi connectivity index (χ0v) is 9.17. The molecule has 0 bridgehead atoms. The fourth-order valence-electron chi connectivity index (χ4n) is 1.55. The largest absolute Gasteiger partial charge is 0.376 e. The fraction of sp³-hybridized carbons (Fsp3) is 0.500. The van der Waals surface area contributed by atoms with Crippen LogP contribution in [0.25, 0.3) is 0 Å². The Hall–Kier alpha value is -1.73. The van der Waals surface area contributed by atoms with Crippen molar-refractivity contribution in [3.63, 3.8) is 0 Å². The summed E-state index contributed by atoms with van der Waals surface area (Å²) in [6.45, 7) is 2.09. The topological polar surface area (TPSA) is 86.5 Å². The molecule has 0 aromatic carbocycles. The molecule has 0 saturated carbocycles. The maximum atomic E-state index is 10.7. The minimum absolute atomic E-state index is 0.0378. The third-order valence-electron chi connectivity index (χ3n) is 2.37. The van der Waals surface area contributed by atoms with E-state index in [4.69, 9.17) is 9.47 Å². The normalized spacial score (nSPS) is 19.9. The number of aromatic nitrogens is 1. The van der Waals surface area contributed by atoms with E-state index in [-0.39, 0.29) is 17.6 Å². The van der Waals surface area contributed by atoms with E-state index in [1.165, 1.54) is 18.3 Å². The molecule has 0 radical (unpaired) electrons. The van der Waals surface area contributed by atoms with Crippen molar-refractivity contribution in [2.75, 3.05) is 31.7 Å². The lowest BCUT2D eigenvalue weighted by molar-refractivity contribution is -0.384.